The Morgan fingerprint density at radius 1 is 1.00 bits per heavy atom. The fourth-order valence-corrected chi connectivity index (χ4v) is 8.95. The normalized spacial score (nSPS) is 37.3. The van der Waals surface area contributed by atoms with Crippen LogP contribution in [0.2, 0.25) is 36.3 Å². The van der Waals surface area contributed by atoms with Gasteiger partial charge in [-0.25, -0.2) is 0 Å². The summed E-state index contributed by atoms with van der Waals surface area (Å²) in [5, 5.41) is 10.4. The lowest BCUT2D eigenvalue weighted by Crippen LogP contribution is -2.66. The molecule has 1 saturated carbocycles. The van der Waals surface area contributed by atoms with E-state index in [0.717, 1.165) is 12.8 Å². The van der Waals surface area contributed by atoms with Gasteiger partial charge in [0.05, 0.1) is 24.2 Å². The van der Waals surface area contributed by atoms with Crippen LogP contribution in [0.15, 0.2) is 0 Å². The quantitative estimate of drug-likeness (QED) is 0.341. The molecule has 2 saturated heterocycles. The molecular formula is C29H53NO4Si2. The van der Waals surface area contributed by atoms with Crippen molar-refractivity contribution in [1.29, 1.82) is 5.26 Å². The molecule has 2 bridgehead atoms. The second kappa shape index (κ2) is 9.01. The zero-order chi connectivity index (χ0) is 27.8. The summed E-state index contributed by atoms with van der Waals surface area (Å²) in [5.74, 6) is -0.192. The molecule has 36 heavy (non-hydrogen) atoms. The molecule has 0 aromatic heterocycles. The number of ether oxygens (including phenoxy) is 1. The van der Waals surface area contributed by atoms with E-state index in [1.807, 2.05) is 0 Å². The summed E-state index contributed by atoms with van der Waals surface area (Å²) >= 11 is 0. The fourth-order valence-electron chi connectivity index (χ4n) is 6.45. The molecule has 0 aromatic carbocycles. The highest BCUT2D eigenvalue weighted by Crippen LogP contribution is 2.64. The lowest BCUT2D eigenvalue weighted by atomic mass is 9.53. The molecule has 6 atom stereocenters. The minimum atomic E-state index is -2.09. The summed E-state index contributed by atoms with van der Waals surface area (Å²) in [5.41, 5.74) is -1.86. The van der Waals surface area contributed by atoms with Crippen molar-refractivity contribution in [3.05, 3.63) is 0 Å². The molecule has 206 valence electrons. The molecule has 1 spiro atoms. The molecular weight excluding hydrogens is 482 g/mol. The molecule has 3 rings (SSSR count). The molecule has 0 radical (unpaired) electrons. The van der Waals surface area contributed by atoms with Crippen molar-refractivity contribution in [3.8, 4) is 6.07 Å². The largest absolute Gasteiger partial charge is 0.416 e. The van der Waals surface area contributed by atoms with Crippen molar-refractivity contribution in [3.63, 3.8) is 0 Å². The van der Waals surface area contributed by atoms with Gasteiger partial charge in [-0.1, -0.05) is 62.3 Å². The second-order valence-corrected chi connectivity index (χ2v) is 25.5. The molecule has 3 aliphatic rings. The first-order chi connectivity index (χ1) is 16.1. The van der Waals surface area contributed by atoms with E-state index in [1.165, 1.54) is 0 Å². The minimum Gasteiger partial charge on any atom is -0.416 e. The molecule has 2 heterocycles. The third-order valence-electron chi connectivity index (χ3n) is 11.0. The van der Waals surface area contributed by atoms with Crippen LogP contribution in [0.3, 0.4) is 0 Å². The highest BCUT2D eigenvalue weighted by atomic mass is 28.4. The van der Waals surface area contributed by atoms with Crippen molar-refractivity contribution >= 4 is 22.4 Å². The zero-order valence-corrected chi connectivity index (χ0v) is 27.4. The smallest absolute Gasteiger partial charge is 0.192 e. The number of ketones is 1. The van der Waals surface area contributed by atoms with Crippen LogP contribution in [0, 0.1) is 34.0 Å². The Labute approximate surface area is 223 Å². The molecule has 0 unspecified atom stereocenters. The second-order valence-electron chi connectivity index (χ2n) is 15.9. The van der Waals surface area contributed by atoms with Gasteiger partial charge < -0.3 is 13.6 Å². The Bertz CT molecular complexity index is 910. The van der Waals surface area contributed by atoms with E-state index in [0.29, 0.717) is 19.4 Å². The summed E-state index contributed by atoms with van der Waals surface area (Å²) in [6.45, 7) is 29.6. The summed E-state index contributed by atoms with van der Waals surface area (Å²) in [6, 6.07) is 2.55. The standard InChI is InChI=1S/C29H53NO4Si2/c1-25(2,3)35(10,11)32-19-20-14-15-24(34-36(12,13)26(4,5)6)28(9)16-22-21(18-30)27(7,8)17-23(31)29(20,28)33-22/h20-22,24H,14-17,19H2,1-13H3/t20-,21-,22+,24+,28-,29-/m1/s1. The topological polar surface area (TPSA) is 68.6 Å². The van der Waals surface area contributed by atoms with E-state index in [2.05, 4.69) is 94.6 Å². The summed E-state index contributed by atoms with van der Waals surface area (Å²) in [4.78, 5) is 14.4. The Morgan fingerprint density at radius 2 is 1.56 bits per heavy atom. The van der Waals surface area contributed by atoms with Crippen molar-refractivity contribution in [2.24, 2.45) is 22.7 Å². The van der Waals surface area contributed by atoms with Gasteiger partial charge in [0, 0.05) is 24.4 Å². The van der Waals surface area contributed by atoms with E-state index in [-0.39, 0.29) is 39.9 Å². The first-order valence-electron chi connectivity index (χ1n) is 14.0. The molecule has 7 heteroatoms. The Hall–Kier alpha value is -0.526. The Morgan fingerprint density at radius 3 is 2.06 bits per heavy atom. The third kappa shape index (κ3) is 4.61. The molecule has 0 N–H and O–H groups in total. The molecule has 2 aliphatic heterocycles. The number of carbonyl (C=O) groups excluding carboxylic acids is 1. The van der Waals surface area contributed by atoms with E-state index in [4.69, 9.17) is 13.6 Å². The minimum absolute atomic E-state index is 0.0263. The van der Waals surface area contributed by atoms with Crippen LogP contribution in [0.1, 0.15) is 88.0 Å². The Kier molecular flexibility index (Phi) is 7.51. The number of hydrogen-bond acceptors (Lipinski definition) is 5. The average Bonchev–Trinajstić information content (AvgIpc) is 2.96. The maximum atomic E-state index is 14.4. The SMILES string of the molecule is CC1(C)CC(=O)[C@@]23O[C@@H](C[C@]2(C)[C@@H](O[Si](C)(C)C(C)(C)C)CC[C@@H]3CO[Si](C)(C)C(C)(C)C)[C@H]1C#N. The number of nitrogens with zero attached hydrogens (tertiary/aromatic N) is 1. The first kappa shape index (κ1) is 30.0. The van der Waals surface area contributed by atoms with Gasteiger partial charge in [-0.3, -0.25) is 4.79 Å². The summed E-state index contributed by atoms with van der Waals surface area (Å²) in [6.07, 6.45) is 2.48. The van der Waals surface area contributed by atoms with Gasteiger partial charge in [-0.2, -0.15) is 5.26 Å². The van der Waals surface area contributed by atoms with Crippen LogP contribution in [-0.2, 0) is 18.4 Å². The van der Waals surface area contributed by atoms with Gasteiger partial charge in [0.1, 0.15) is 5.60 Å². The molecule has 0 amide bonds. The van der Waals surface area contributed by atoms with Gasteiger partial charge in [0.15, 0.2) is 22.4 Å². The molecule has 1 aliphatic carbocycles. The fraction of sp³-hybridized carbons (Fsp3) is 0.931. The predicted octanol–water partition coefficient (Wildman–Crippen LogP) is 7.48. The maximum Gasteiger partial charge on any atom is 0.192 e. The maximum absolute atomic E-state index is 14.4. The number of Topliss-reactive ketones (excluding diaryl/α,β-unsaturated/α-hetero) is 1. The van der Waals surface area contributed by atoms with Gasteiger partial charge in [0.25, 0.3) is 0 Å². The molecule has 3 fully saturated rings. The monoisotopic (exact) mass is 535 g/mol. The Balaban J connectivity index is 2.09. The number of nitriles is 1. The van der Waals surface area contributed by atoms with Crippen molar-refractivity contribution in [1.82, 2.24) is 0 Å². The summed E-state index contributed by atoms with van der Waals surface area (Å²) in [7, 11) is -4.10. The number of hydrogen-bond donors (Lipinski definition) is 0. The first-order valence-corrected chi connectivity index (χ1v) is 19.8. The van der Waals surface area contributed by atoms with Gasteiger partial charge in [0.2, 0.25) is 0 Å². The predicted molar refractivity (Wildman–Crippen MR) is 151 cm³/mol. The van der Waals surface area contributed by atoms with Crippen molar-refractivity contribution in [2.75, 3.05) is 6.61 Å². The highest BCUT2D eigenvalue weighted by molar-refractivity contribution is 6.74. The van der Waals surface area contributed by atoms with Crippen LogP contribution < -0.4 is 0 Å². The van der Waals surface area contributed by atoms with Crippen molar-refractivity contribution < 1.29 is 18.4 Å². The summed E-state index contributed by atoms with van der Waals surface area (Å²) < 4.78 is 20.8. The van der Waals surface area contributed by atoms with Crippen LogP contribution >= 0.6 is 0 Å². The van der Waals surface area contributed by atoms with Gasteiger partial charge >= 0.3 is 0 Å². The average molecular weight is 536 g/mol. The number of fused-ring (bicyclic) bond motifs is 1. The van der Waals surface area contributed by atoms with Crippen LogP contribution in [0.4, 0.5) is 0 Å². The van der Waals surface area contributed by atoms with E-state index < -0.39 is 33.1 Å². The third-order valence-corrected chi connectivity index (χ3v) is 19.9. The van der Waals surface area contributed by atoms with Crippen LogP contribution in [-0.4, -0.2) is 46.8 Å². The van der Waals surface area contributed by atoms with E-state index in [9.17, 15) is 10.1 Å². The van der Waals surface area contributed by atoms with E-state index in [1.54, 1.807) is 0 Å². The van der Waals surface area contributed by atoms with E-state index >= 15 is 0 Å². The van der Waals surface area contributed by atoms with Gasteiger partial charge in [-0.05, 0) is 60.9 Å². The van der Waals surface area contributed by atoms with Crippen LogP contribution in [0.25, 0.3) is 0 Å². The number of carbonyl (C=O) groups is 1. The lowest BCUT2D eigenvalue weighted by molar-refractivity contribution is -0.190. The van der Waals surface area contributed by atoms with Gasteiger partial charge in [-0.15, -0.1) is 0 Å². The molecule has 5 nitrogen and oxygen atoms in total. The zero-order valence-electron chi connectivity index (χ0n) is 25.4. The number of rotatable bonds is 5. The van der Waals surface area contributed by atoms with Crippen molar-refractivity contribution in [2.45, 2.75) is 142 Å². The lowest BCUT2D eigenvalue weighted by Gasteiger charge is -2.56. The van der Waals surface area contributed by atoms with Crippen LogP contribution in [0.5, 0.6) is 0 Å². The highest BCUT2D eigenvalue weighted by Gasteiger charge is 2.73. The molecule has 0 aromatic rings.